The maximum absolute atomic E-state index is 5.19. The third kappa shape index (κ3) is 1.96. The minimum Gasteiger partial charge on any atom is -0.468 e. The molecule has 3 heteroatoms. The van der Waals surface area contributed by atoms with Crippen LogP contribution in [0.25, 0.3) is 0 Å². The van der Waals surface area contributed by atoms with Gasteiger partial charge in [0, 0.05) is 12.6 Å². The predicted molar refractivity (Wildman–Crippen MR) is 74.2 cm³/mol. The van der Waals surface area contributed by atoms with E-state index in [0.717, 1.165) is 24.3 Å². The first-order chi connectivity index (χ1) is 8.74. The first kappa shape index (κ1) is 11.2. The van der Waals surface area contributed by atoms with E-state index < -0.39 is 0 Å². The molecule has 0 saturated heterocycles. The summed E-state index contributed by atoms with van der Waals surface area (Å²) in [5.41, 5.74) is 6.32. The molecule has 1 unspecified atom stereocenters. The molecule has 2 N–H and O–H groups in total. The van der Waals surface area contributed by atoms with Gasteiger partial charge in [-0.3, -0.25) is 0 Å². The molecule has 1 aliphatic rings. The Bertz CT molecular complexity index is 539. The zero-order valence-electron chi connectivity index (χ0n) is 10.8. The molecule has 0 amide bonds. The lowest BCUT2D eigenvalue weighted by Gasteiger charge is -2.26. The summed E-state index contributed by atoms with van der Waals surface area (Å²) >= 11 is 0. The fourth-order valence-electron chi connectivity index (χ4n) is 2.59. The number of rotatable bonds is 2. The Hall–Kier alpha value is -1.90. The molecule has 0 spiro atoms. The first-order valence-corrected chi connectivity index (χ1v) is 6.36. The highest BCUT2D eigenvalue weighted by atomic mass is 16.3. The van der Waals surface area contributed by atoms with Gasteiger partial charge in [-0.05, 0) is 37.0 Å². The van der Waals surface area contributed by atoms with E-state index in [9.17, 15) is 0 Å². The molecular formula is C15H18N2O. The molecule has 1 atom stereocenters. The van der Waals surface area contributed by atoms with Crippen LogP contribution in [0.5, 0.6) is 0 Å². The second-order valence-electron chi connectivity index (χ2n) is 5.00. The zero-order valence-corrected chi connectivity index (χ0v) is 10.8. The van der Waals surface area contributed by atoms with Crippen molar-refractivity contribution in [2.75, 3.05) is 17.2 Å². The van der Waals surface area contributed by atoms with Gasteiger partial charge in [-0.2, -0.15) is 0 Å². The Balaban J connectivity index is 1.79. The molecule has 0 bridgehead atoms. The first-order valence-electron chi connectivity index (χ1n) is 6.36. The van der Waals surface area contributed by atoms with Crippen LogP contribution in [0, 0.1) is 13.8 Å². The lowest BCUT2D eigenvalue weighted by Crippen LogP contribution is -2.34. The molecule has 2 heterocycles. The van der Waals surface area contributed by atoms with E-state index in [-0.39, 0.29) is 0 Å². The van der Waals surface area contributed by atoms with Crippen molar-refractivity contribution in [2.45, 2.75) is 26.3 Å². The van der Waals surface area contributed by atoms with Gasteiger partial charge in [-0.25, -0.2) is 0 Å². The number of fused-ring (bicyclic) bond motifs is 1. The summed E-state index contributed by atoms with van der Waals surface area (Å²) in [6, 6.07) is 6.90. The molecule has 18 heavy (non-hydrogen) atoms. The van der Waals surface area contributed by atoms with E-state index in [1.807, 2.05) is 0 Å². The number of aryl methyl sites for hydroxylation is 2. The summed E-state index contributed by atoms with van der Waals surface area (Å²) in [6.07, 6.45) is 4.55. The van der Waals surface area contributed by atoms with Crippen LogP contribution < -0.4 is 10.6 Å². The van der Waals surface area contributed by atoms with Gasteiger partial charge in [0.25, 0.3) is 0 Å². The van der Waals surface area contributed by atoms with E-state index >= 15 is 0 Å². The van der Waals surface area contributed by atoms with Gasteiger partial charge in [-0.1, -0.05) is 18.2 Å². The molecule has 1 aromatic heterocycles. The van der Waals surface area contributed by atoms with Crippen LogP contribution in [0.2, 0.25) is 0 Å². The van der Waals surface area contributed by atoms with Gasteiger partial charge >= 0.3 is 0 Å². The van der Waals surface area contributed by atoms with Crippen molar-refractivity contribution in [3.63, 3.8) is 0 Å². The monoisotopic (exact) mass is 242 g/mol. The average Bonchev–Trinajstić information content (AvgIpc) is 2.81. The topological polar surface area (TPSA) is 37.2 Å². The van der Waals surface area contributed by atoms with Gasteiger partial charge in [0.1, 0.15) is 12.5 Å². The molecule has 0 fully saturated rings. The highest BCUT2D eigenvalue weighted by Crippen LogP contribution is 2.28. The Labute approximate surface area is 107 Å². The zero-order chi connectivity index (χ0) is 12.5. The van der Waals surface area contributed by atoms with E-state index in [2.05, 4.69) is 42.7 Å². The number of hydrogen-bond donors (Lipinski definition) is 2. The van der Waals surface area contributed by atoms with Crippen molar-refractivity contribution in [1.82, 2.24) is 0 Å². The largest absolute Gasteiger partial charge is 0.468 e. The van der Waals surface area contributed by atoms with Crippen LogP contribution in [0.4, 0.5) is 11.4 Å². The van der Waals surface area contributed by atoms with E-state index in [1.54, 1.807) is 12.5 Å². The van der Waals surface area contributed by atoms with Crippen LogP contribution in [0.3, 0.4) is 0 Å². The lowest BCUT2D eigenvalue weighted by atomic mass is 9.95. The lowest BCUT2D eigenvalue weighted by molar-refractivity contribution is 0.569. The number of benzene rings is 1. The Morgan fingerprint density at radius 1 is 1.17 bits per heavy atom. The molecule has 3 rings (SSSR count). The second-order valence-corrected chi connectivity index (χ2v) is 5.00. The summed E-state index contributed by atoms with van der Waals surface area (Å²) in [6.45, 7) is 5.30. The van der Waals surface area contributed by atoms with Gasteiger partial charge in [0.15, 0.2) is 0 Å². The fourth-order valence-corrected chi connectivity index (χ4v) is 2.59. The van der Waals surface area contributed by atoms with Crippen LogP contribution in [-0.2, 0) is 6.42 Å². The fraction of sp³-hybridized carbons (Fsp3) is 0.333. The van der Waals surface area contributed by atoms with Crippen LogP contribution >= 0.6 is 0 Å². The summed E-state index contributed by atoms with van der Waals surface area (Å²) in [4.78, 5) is 0. The van der Waals surface area contributed by atoms with Gasteiger partial charge < -0.3 is 15.1 Å². The van der Waals surface area contributed by atoms with Crippen molar-refractivity contribution < 1.29 is 4.42 Å². The van der Waals surface area contributed by atoms with Crippen LogP contribution in [-0.4, -0.2) is 12.6 Å². The summed E-state index contributed by atoms with van der Waals surface area (Å²) in [5, 5.41) is 6.92. The third-order valence-corrected chi connectivity index (χ3v) is 3.66. The number of hydrogen-bond acceptors (Lipinski definition) is 3. The predicted octanol–water partition coefficient (Wildman–Crippen LogP) is 3.35. The smallest absolute Gasteiger partial charge is 0.116 e. The standard InChI is InChI=1S/C15H18N2O/c1-10-4-3-5-11(2)13(10)6-12-7-16-14-8-18-9-15(14)17-12/h3-5,8-9,12,16-17H,6-7H2,1-2H3. The van der Waals surface area contributed by atoms with Crippen molar-refractivity contribution in [3.8, 4) is 0 Å². The van der Waals surface area contributed by atoms with Crippen molar-refractivity contribution >= 4 is 11.4 Å². The summed E-state index contributed by atoms with van der Waals surface area (Å²) in [5.74, 6) is 0. The van der Waals surface area contributed by atoms with Gasteiger partial charge in [0.2, 0.25) is 0 Å². The molecule has 0 radical (unpaired) electrons. The molecule has 1 aromatic carbocycles. The molecule has 0 saturated carbocycles. The number of furan rings is 1. The highest BCUT2D eigenvalue weighted by molar-refractivity contribution is 5.69. The minimum atomic E-state index is 0.412. The molecule has 2 aromatic rings. The van der Waals surface area contributed by atoms with E-state index in [1.165, 1.54) is 16.7 Å². The van der Waals surface area contributed by atoms with E-state index in [0.29, 0.717) is 6.04 Å². The molecular weight excluding hydrogens is 224 g/mol. The molecule has 0 aliphatic carbocycles. The SMILES string of the molecule is Cc1cccc(C)c1CC1CNc2cocc2N1. The minimum absolute atomic E-state index is 0.412. The second kappa shape index (κ2) is 4.41. The van der Waals surface area contributed by atoms with Gasteiger partial charge in [0.05, 0.1) is 11.4 Å². The summed E-state index contributed by atoms with van der Waals surface area (Å²) < 4.78 is 5.19. The maximum atomic E-state index is 5.19. The number of anilines is 2. The Morgan fingerprint density at radius 3 is 2.67 bits per heavy atom. The van der Waals surface area contributed by atoms with Crippen molar-refractivity contribution in [1.29, 1.82) is 0 Å². The Morgan fingerprint density at radius 2 is 1.89 bits per heavy atom. The van der Waals surface area contributed by atoms with Crippen LogP contribution in [0.15, 0.2) is 35.1 Å². The molecule has 1 aliphatic heterocycles. The number of nitrogens with one attached hydrogen (secondary N) is 2. The molecule has 3 nitrogen and oxygen atoms in total. The maximum Gasteiger partial charge on any atom is 0.116 e. The van der Waals surface area contributed by atoms with Crippen molar-refractivity contribution in [2.24, 2.45) is 0 Å². The summed E-state index contributed by atoms with van der Waals surface area (Å²) in [7, 11) is 0. The van der Waals surface area contributed by atoms with Gasteiger partial charge in [-0.15, -0.1) is 0 Å². The highest BCUT2D eigenvalue weighted by Gasteiger charge is 2.19. The third-order valence-electron chi connectivity index (χ3n) is 3.66. The Kier molecular flexibility index (Phi) is 2.74. The molecule has 94 valence electrons. The van der Waals surface area contributed by atoms with Crippen LogP contribution in [0.1, 0.15) is 16.7 Å². The normalized spacial score (nSPS) is 17.8. The average molecular weight is 242 g/mol. The van der Waals surface area contributed by atoms with E-state index in [4.69, 9.17) is 4.42 Å². The van der Waals surface area contributed by atoms with Crippen molar-refractivity contribution in [3.05, 3.63) is 47.4 Å². The quantitative estimate of drug-likeness (QED) is 0.848.